The highest BCUT2D eigenvalue weighted by Gasteiger charge is 2.34. The highest BCUT2D eigenvalue weighted by Crippen LogP contribution is 2.36. The van der Waals surface area contributed by atoms with Gasteiger partial charge in [-0.05, 0) is 84.9 Å². The maximum Gasteiger partial charge on any atom is 0.267 e. The number of hydrogen-bond donors (Lipinski definition) is 0. The number of carbonyl (C=O) groups excluding carboxylic acids is 1. The van der Waals surface area contributed by atoms with Crippen LogP contribution in [0.25, 0.3) is 11.8 Å². The van der Waals surface area contributed by atoms with E-state index in [0.29, 0.717) is 16.6 Å². The van der Waals surface area contributed by atoms with Crippen molar-refractivity contribution < 1.29 is 9.53 Å². The van der Waals surface area contributed by atoms with E-state index >= 15 is 0 Å². The molecule has 1 aliphatic heterocycles. The predicted octanol–water partition coefficient (Wildman–Crippen LogP) is 5.99. The van der Waals surface area contributed by atoms with Gasteiger partial charge in [0.2, 0.25) is 0 Å². The second-order valence-electron chi connectivity index (χ2n) is 8.03. The Hall–Kier alpha value is -4.10. The smallest absolute Gasteiger partial charge is 0.267 e. The number of para-hydroxylation sites is 1. The molecule has 1 aliphatic rings. The van der Waals surface area contributed by atoms with Crippen molar-refractivity contribution in [1.82, 2.24) is 14.5 Å². The summed E-state index contributed by atoms with van der Waals surface area (Å²) in [4.78, 5) is 24.9. The number of amides is 1. The second-order valence-corrected chi connectivity index (χ2v) is 9.04. The Morgan fingerprint density at radius 2 is 1.80 bits per heavy atom. The standard InChI is InChI=1S/C28H24N4O2S/c1-20-10-11-24(32(20)23-12-14-25(34-2)15-13-23)17-26-27(33)31(19-21-7-6-16-29-18-21)28(35-26)30-22-8-4-3-5-9-22/h3-18H,19H2,1-2H3/b26-17-,30-28?. The number of aryl methyl sites for hydroxylation is 1. The fraction of sp³-hybridized carbons (Fsp3) is 0.107. The molecule has 0 radical (unpaired) electrons. The minimum atomic E-state index is -0.0753. The Kier molecular flexibility index (Phi) is 6.50. The van der Waals surface area contributed by atoms with Gasteiger partial charge in [-0.15, -0.1) is 0 Å². The molecule has 1 amide bonds. The van der Waals surface area contributed by atoms with Crippen LogP contribution in [0.2, 0.25) is 0 Å². The third kappa shape index (κ3) is 4.90. The molecule has 2 aromatic heterocycles. The average Bonchev–Trinajstić information content (AvgIpc) is 3.40. The van der Waals surface area contributed by atoms with Gasteiger partial charge in [0, 0.05) is 29.5 Å². The first-order valence-electron chi connectivity index (χ1n) is 11.2. The first-order chi connectivity index (χ1) is 17.1. The van der Waals surface area contributed by atoms with E-state index in [9.17, 15) is 4.79 Å². The number of rotatable bonds is 6. The molecule has 174 valence electrons. The Morgan fingerprint density at radius 1 is 1.00 bits per heavy atom. The molecule has 4 aromatic rings. The zero-order valence-electron chi connectivity index (χ0n) is 19.5. The molecule has 5 rings (SSSR count). The number of aromatic nitrogens is 2. The summed E-state index contributed by atoms with van der Waals surface area (Å²) in [5, 5.41) is 0.649. The number of amidine groups is 1. The van der Waals surface area contributed by atoms with E-state index in [0.717, 1.165) is 34.1 Å². The van der Waals surface area contributed by atoms with Crippen molar-refractivity contribution in [2.24, 2.45) is 4.99 Å². The molecule has 0 atom stereocenters. The summed E-state index contributed by atoms with van der Waals surface area (Å²) in [6.45, 7) is 2.45. The second kappa shape index (κ2) is 10.0. The normalized spacial score (nSPS) is 15.8. The van der Waals surface area contributed by atoms with Crippen molar-refractivity contribution in [3.05, 3.63) is 113 Å². The van der Waals surface area contributed by atoms with E-state index in [1.165, 1.54) is 11.8 Å². The summed E-state index contributed by atoms with van der Waals surface area (Å²) in [5.41, 5.74) is 4.74. The van der Waals surface area contributed by atoms with E-state index < -0.39 is 0 Å². The van der Waals surface area contributed by atoms with Gasteiger partial charge in [-0.1, -0.05) is 24.3 Å². The molecule has 0 spiro atoms. The number of carbonyl (C=O) groups is 1. The monoisotopic (exact) mass is 480 g/mol. The van der Waals surface area contributed by atoms with Gasteiger partial charge >= 0.3 is 0 Å². The lowest BCUT2D eigenvalue weighted by molar-refractivity contribution is -0.122. The molecular formula is C28H24N4O2S. The fourth-order valence-electron chi connectivity index (χ4n) is 3.91. The Bertz CT molecular complexity index is 1390. The van der Waals surface area contributed by atoms with Gasteiger partial charge in [-0.3, -0.25) is 14.7 Å². The average molecular weight is 481 g/mol. The molecule has 2 aromatic carbocycles. The topological polar surface area (TPSA) is 59.7 Å². The predicted molar refractivity (Wildman–Crippen MR) is 141 cm³/mol. The van der Waals surface area contributed by atoms with Gasteiger partial charge in [-0.25, -0.2) is 4.99 Å². The highest BCUT2D eigenvalue weighted by atomic mass is 32.2. The Morgan fingerprint density at radius 3 is 2.51 bits per heavy atom. The number of benzene rings is 2. The van der Waals surface area contributed by atoms with Crippen molar-refractivity contribution in [2.75, 3.05) is 7.11 Å². The summed E-state index contributed by atoms with van der Waals surface area (Å²) in [7, 11) is 1.65. The lowest BCUT2D eigenvalue weighted by atomic mass is 10.2. The Labute approximate surface area is 208 Å². The fourth-order valence-corrected chi connectivity index (χ4v) is 4.89. The van der Waals surface area contributed by atoms with Crippen LogP contribution in [-0.2, 0) is 11.3 Å². The number of pyridine rings is 1. The van der Waals surface area contributed by atoms with Gasteiger partial charge < -0.3 is 9.30 Å². The van der Waals surface area contributed by atoms with Gasteiger partial charge in [-0.2, -0.15) is 0 Å². The lowest BCUT2D eigenvalue weighted by Crippen LogP contribution is -2.28. The van der Waals surface area contributed by atoms with Crippen molar-refractivity contribution in [3.63, 3.8) is 0 Å². The van der Waals surface area contributed by atoms with Gasteiger partial charge in [0.05, 0.1) is 24.2 Å². The zero-order valence-corrected chi connectivity index (χ0v) is 20.3. The van der Waals surface area contributed by atoms with Crippen LogP contribution < -0.4 is 4.74 Å². The number of methoxy groups -OCH3 is 1. The number of hydrogen-bond acceptors (Lipinski definition) is 5. The zero-order chi connectivity index (χ0) is 24.2. The SMILES string of the molecule is COc1ccc(-n2c(C)ccc2/C=C2\SC(=Nc3ccccc3)N(Cc3cccnc3)C2=O)cc1. The first kappa shape index (κ1) is 22.7. The summed E-state index contributed by atoms with van der Waals surface area (Å²) in [5.74, 6) is 0.724. The minimum absolute atomic E-state index is 0.0753. The van der Waals surface area contributed by atoms with E-state index in [4.69, 9.17) is 9.73 Å². The van der Waals surface area contributed by atoms with Gasteiger partial charge in [0.15, 0.2) is 5.17 Å². The summed E-state index contributed by atoms with van der Waals surface area (Å²) >= 11 is 1.39. The third-order valence-electron chi connectivity index (χ3n) is 5.65. The molecule has 1 fully saturated rings. The van der Waals surface area contributed by atoms with E-state index in [2.05, 4.69) is 9.55 Å². The lowest BCUT2D eigenvalue weighted by Gasteiger charge is -2.15. The molecule has 3 heterocycles. The van der Waals surface area contributed by atoms with E-state index in [1.54, 1.807) is 24.4 Å². The highest BCUT2D eigenvalue weighted by molar-refractivity contribution is 8.18. The molecule has 0 N–H and O–H groups in total. The first-order valence-corrected chi connectivity index (χ1v) is 12.0. The van der Waals surface area contributed by atoms with Crippen LogP contribution in [0.15, 0.2) is 101 Å². The summed E-state index contributed by atoms with van der Waals surface area (Å²) < 4.78 is 7.42. The molecule has 6 nitrogen and oxygen atoms in total. The van der Waals surface area contributed by atoms with E-state index in [-0.39, 0.29) is 5.91 Å². The summed E-state index contributed by atoms with van der Waals surface area (Å²) in [6.07, 6.45) is 5.44. The molecule has 0 unspecified atom stereocenters. The van der Waals surface area contributed by atoms with Crippen LogP contribution >= 0.6 is 11.8 Å². The molecular weight excluding hydrogens is 456 g/mol. The van der Waals surface area contributed by atoms with Crippen molar-refractivity contribution in [3.8, 4) is 11.4 Å². The van der Waals surface area contributed by atoms with Crippen LogP contribution in [-0.4, -0.2) is 32.6 Å². The molecule has 7 heteroatoms. The third-order valence-corrected chi connectivity index (χ3v) is 6.65. The molecule has 0 aliphatic carbocycles. The van der Waals surface area contributed by atoms with Crippen molar-refractivity contribution in [2.45, 2.75) is 13.5 Å². The van der Waals surface area contributed by atoms with E-state index in [1.807, 2.05) is 91.9 Å². The maximum absolute atomic E-state index is 13.6. The van der Waals surface area contributed by atoms with Crippen LogP contribution in [0.4, 0.5) is 5.69 Å². The number of aliphatic imine (C=N–C) groups is 1. The molecule has 0 saturated carbocycles. The van der Waals surface area contributed by atoms with Crippen LogP contribution in [0.5, 0.6) is 5.75 Å². The maximum atomic E-state index is 13.6. The summed E-state index contributed by atoms with van der Waals surface area (Å²) in [6, 6.07) is 25.5. The molecule has 1 saturated heterocycles. The van der Waals surface area contributed by atoms with Crippen molar-refractivity contribution >= 4 is 34.6 Å². The molecule has 35 heavy (non-hydrogen) atoms. The van der Waals surface area contributed by atoms with Crippen LogP contribution in [0.1, 0.15) is 17.0 Å². The molecule has 0 bridgehead atoms. The van der Waals surface area contributed by atoms with Crippen LogP contribution in [0, 0.1) is 6.92 Å². The Balaban J connectivity index is 1.52. The van der Waals surface area contributed by atoms with Crippen LogP contribution in [0.3, 0.4) is 0 Å². The number of ether oxygens (including phenoxy) is 1. The van der Waals surface area contributed by atoms with Gasteiger partial charge in [0.1, 0.15) is 5.75 Å². The quantitative estimate of drug-likeness (QED) is 0.318. The largest absolute Gasteiger partial charge is 0.497 e. The van der Waals surface area contributed by atoms with Gasteiger partial charge in [0.25, 0.3) is 5.91 Å². The number of nitrogens with zero attached hydrogens (tertiary/aromatic N) is 4. The minimum Gasteiger partial charge on any atom is -0.497 e. The number of thioether (sulfide) groups is 1. The van der Waals surface area contributed by atoms with Crippen molar-refractivity contribution in [1.29, 1.82) is 0 Å².